The lowest BCUT2D eigenvalue weighted by Gasteiger charge is -2.34. The van der Waals surface area contributed by atoms with Crippen LogP contribution in [0.25, 0.3) is 0 Å². The largest absolute Gasteiger partial charge is 0.460 e. The minimum Gasteiger partial charge on any atom is -0.388 e. The molecular formula is C12H8F10O. The molecule has 0 aliphatic rings. The van der Waals surface area contributed by atoms with Gasteiger partial charge in [-0.1, -0.05) is 12.1 Å². The van der Waals surface area contributed by atoms with E-state index in [9.17, 15) is 49.0 Å². The van der Waals surface area contributed by atoms with E-state index in [-0.39, 0.29) is 0 Å². The minimum atomic E-state index is -7.01. The summed E-state index contributed by atoms with van der Waals surface area (Å²) in [5.74, 6) is -20.6. The molecule has 0 radical (unpaired) electrons. The Hall–Kier alpha value is -1.52. The first-order valence-corrected chi connectivity index (χ1v) is 5.77. The van der Waals surface area contributed by atoms with Crippen molar-refractivity contribution in [3.05, 3.63) is 35.6 Å². The summed E-state index contributed by atoms with van der Waals surface area (Å²) in [6.07, 6.45) is -11.8. The molecule has 11 heteroatoms. The van der Waals surface area contributed by atoms with Crippen LogP contribution in [0.4, 0.5) is 43.9 Å². The van der Waals surface area contributed by atoms with Crippen molar-refractivity contribution in [1.82, 2.24) is 0 Å². The summed E-state index contributed by atoms with van der Waals surface area (Å²) in [6.45, 7) is 0. The van der Waals surface area contributed by atoms with E-state index in [0.29, 0.717) is 24.3 Å². The van der Waals surface area contributed by atoms with E-state index < -0.39 is 47.8 Å². The van der Waals surface area contributed by atoms with Crippen molar-refractivity contribution >= 4 is 0 Å². The molecule has 1 unspecified atom stereocenters. The van der Waals surface area contributed by atoms with Gasteiger partial charge in [-0.15, -0.1) is 0 Å². The number of hydrogen-bond acceptors (Lipinski definition) is 1. The van der Waals surface area contributed by atoms with E-state index >= 15 is 0 Å². The third-order valence-electron chi connectivity index (χ3n) is 2.91. The summed E-state index contributed by atoms with van der Waals surface area (Å²) in [5, 5.41) is 9.32. The second-order valence-corrected chi connectivity index (χ2v) is 4.62. The molecule has 1 rings (SSSR count). The van der Waals surface area contributed by atoms with E-state index in [4.69, 9.17) is 0 Å². The second-order valence-electron chi connectivity index (χ2n) is 4.62. The van der Waals surface area contributed by atoms with Crippen LogP contribution in [-0.4, -0.2) is 29.1 Å². The predicted molar refractivity (Wildman–Crippen MR) is 56.9 cm³/mol. The van der Waals surface area contributed by atoms with Crippen molar-refractivity contribution in [2.75, 3.05) is 0 Å². The van der Waals surface area contributed by atoms with E-state index in [0.717, 1.165) is 0 Å². The van der Waals surface area contributed by atoms with Gasteiger partial charge in [-0.05, 0) is 17.7 Å². The van der Waals surface area contributed by atoms with Crippen LogP contribution >= 0.6 is 0 Å². The lowest BCUT2D eigenvalue weighted by Crippen LogP contribution is -2.61. The lowest BCUT2D eigenvalue weighted by atomic mass is 9.95. The fourth-order valence-corrected chi connectivity index (χ4v) is 1.58. The number of alkyl halides is 9. The first-order valence-electron chi connectivity index (χ1n) is 5.77. The highest BCUT2D eigenvalue weighted by Gasteiger charge is 2.81. The summed E-state index contributed by atoms with van der Waals surface area (Å²) in [6, 6.07) is 2.69. The zero-order valence-corrected chi connectivity index (χ0v) is 10.8. The van der Waals surface area contributed by atoms with Gasteiger partial charge in [-0.2, -0.15) is 39.5 Å². The SMILES string of the molecule is OC(CC(F)(F)C(F)(F)C(F)(F)C(F)(F)F)c1ccc(F)cc1. The van der Waals surface area contributed by atoms with E-state index in [1.54, 1.807) is 0 Å². The van der Waals surface area contributed by atoms with Gasteiger partial charge < -0.3 is 5.11 Å². The smallest absolute Gasteiger partial charge is 0.388 e. The van der Waals surface area contributed by atoms with E-state index in [1.807, 2.05) is 0 Å². The van der Waals surface area contributed by atoms with Gasteiger partial charge in [0.1, 0.15) is 5.82 Å². The zero-order valence-electron chi connectivity index (χ0n) is 10.8. The molecule has 0 aromatic heterocycles. The van der Waals surface area contributed by atoms with Crippen LogP contribution < -0.4 is 0 Å². The molecule has 1 aromatic carbocycles. The Morgan fingerprint density at radius 2 is 1.22 bits per heavy atom. The summed E-state index contributed by atoms with van der Waals surface area (Å²) < 4.78 is 126. The highest BCUT2D eigenvalue weighted by Crippen LogP contribution is 2.55. The molecule has 0 amide bonds. The maximum absolute atomic E-state index is 13.3. The molecule has 23 heavy (non-hydrogen) atoms. The summed E-state index contributed by atoms with van der Waals surface area (Å²) >= 11 is 0. The maximum atomic E-state index is 13.3. The Morgan fingerprint density at radius 1 is 0.783 bits per heavy atom. The van der Waals surface area contributed by atoms with Gasteiger partial charge in [0.25, 0.3) is 0 Å². The molecular weight excluding hydrogens is 350 g/mol. The number of aliphatic hydroxyl groups excluding tert-OH is 1. The molecule has 132 valence electrons. The summed E-state index contributed by atoms with van der Waals surface area (Å²) in [7, 11) is 0. The van der Waals surface area contributed by atoms with Crippen LogP contribution in [0.3, 0.4) is 0 Å². The van der Waals surface area contributed by atoms with Gasteiger partial charge in [0.2, 0.25) is 0 Å². The molecule has 1 atom stereocenters. The van der Waals surface area contributed by atoms with Gasteiger partial charge in [0.15, 0.2) is 0 Å². The Balaban J connectivity index is 3.07. The first kappa shape index (κ1) is 19.5. The molecule has 0 fully saturated rings. The molecule has 0 bridgehead atoms. The van der Waals surface area contributed by atoms with Crippen LogP contribution in [0.2, 0.25) is 0 Å². The number of rotatable bonds is 5. The van der Waals surface area contributed by atoms with Crippen molar-refractivity contribution in [3.63, 3.8) is 0 Å². The number of halogens is 10. The van der Waals surface area contributed by atoms with E-state index in [2.05, 4.69) is 0 Å². The lowest BCUT2D eigenvalue weighted by molar-refractivity contribution is -0.398. The monoisotopic (exact) mass is 358 g/mol. The Labute approximate surface area is 122 Å². The van der Waals surface area contributed by atoms with Gasteiger partial charge in [-0.3, -0.25) is 0 Å². The fourth-order valence-electron chi connectivity index (χ4n) is 1.58. The van der Waals surface area contributed by atoms with Gasteiger partial charge in [0, 0.05) is 6.42 Å². The van der Waals surface area contributed by atoms with Crippen LogP contribution in [0.15, 0.2) is 24.3 Å². The zero-order chi connectivity index (χ0) is 18.3. The topological polar surface area (TPSA) is 20.2 Å². The molecule has 0 saturated heterocycles. The summed E-state index contributed by atoms with van der Waals surface area (Å²) in [5.41, 5.74) is -0.558. The normalized spacial score (nSPS) is 15.6. The Bertz CT molecular complexity index is 534. The third kappa shape index (κ3) is 3.54. The molecule has 1 nitrogen and oxygen atoms in total. The molecule has 0 aliphatic heterocycles. The number of aliphatic hydroxyl groups is 1. The molecule has 0 heterocycles. The highest BCUT2D eigenvalue weighted by molar-refractivity contribution is 5.19. The van der Waals surface area contributed by atoms with Gasteiger partial charge in [-0.25, -0.2) is 4.39 Å². The molecule has 0 aliphatic carbocycles. The average Bonchev–Trinajstić information content (AvgIpc) is 2.37. The molecule has 0 saturated carbocycles. The van der Waals surface area contributed by atoms with Crippen LogP contribution in [0.5, 0.6) is 0 Å². The quantitative estimate of drug-likeness (QED) is 0.756. The predicted octanol–water partition coefficient (Wildman–Crippen LogP) is 4.72. The standard InChI is InChI=1S/C12H8F10O/c13-7-3-1-6(2-4-7)8(23)5-9(14,15)10(16,17)11(18,19)12(20,21)22/h1-4,8,23H,5H2. The average molecular weight is 358 g/mol. The van der Waals surface area contributed by atoms with Crippen LogP contribution in [-0.2, 0) is 0 Å². The van der Waals surface area contributed by atoms with Crippen LogP contribution in [0, 0.1) is 5.82 Å². The molecule has 1 aromatic rings. The Morgan fingerprint density at radius 3 is 1.61 bits per heavy atom. The highest BCUT2D eigenvalue weighted by atomic mass is 19.4. The minimum absolute atomic E-state index is 0.558. The number of hydrogen-bond donors (Lipinski definition) is 1. The first-order chi connectivity index (χ1) is 10.1. The van der Waals surface area contributed by atoms with Crippen molar-refractivity contribution in [2.24, 2.45) is 0 Å². The van der Waals surface area contributed by atoms with Gasteiger partial charge >= 0.3 is 23.9 Å². The summed E-state index contributed by atoms with van der Waals surface area (Å²) in [4.78, 5) is 0. The Kier molecular flexibility index (Phi) is 4.96. The molecule has 1 N–H and O–H groups in total. The van der Waals surface area contributed by atoms with Gasteiger partial charge in [0.05, 0.1) is 6.10 Å². The molecule has 0 spiro atoms. The van der Waals surface area contributed by atoms with E-state index in [1.165, 1.54) is 0 Å². The third-order valence-corrected chi connectivity index (χ3v) is 2.91. The van der Waals surface area contributed by atoms with Crippen LogP contribution in [0.1, 0.15) is 18.1 Å². The van der Waals surface area contributed by atoms with Crippen molar-refractivity contribution in [2.45, 2.75) is 36.5 Å². The fraction of sp³-hybridized carbons (Fsp3) is 0.500. The van der Waals surface area contributed by atoms with Crippen molar-refractivity contribution in [1.29, 1.82) is 0 Å². The second kappa shape index (κ2) is 5.84. The number of benzene rings is 1. The maximum Gasteiger partial charge on any atom is 0.460 e. The van der Waals surface area contributed by atoms with Crippen molar-refractivity contribution < 1.29 is 49.0 Å². The van der Waals surface area contributed by atoms with Crippen molar-refractivity contribution in [3.8, 4) is 0 Å².